The molecule has 6 heteroatoms. The van der Waals surface area contributed by atoms with Crippen LogP contribution in [0.2, 0.25) is 0 Å². The number of piperidine rings is 1. The van der Waals surface area contributed by atoms with Crippen LogP contribution in [0.4, 0.5) is 5.13 Å². The molecule has 0 bridgehead atoms. The van der Waals surface area contributed by atoms with Crippen molar-refractivity contribution in [3.8, 4) is 0 Å². The molecule has 1 aliphatic heterocycles. The fourth-order valence-corrected chi connectivity index (χ4v) is 3.79. The monoisotopic (exact) mass is 372 g/mol. The molecule has 0 unspecified atom stereocenters. The maximum Gasteiger partial charge on any atom is 0.225 e. The molecule has 1 saturated heterocycles. The van der Waals surface area contributed by atoms with Crippen molar-refractivity contribution in [1.82, 2.24) is 14.7 Å². The highest BCUT2D eigenvalue weighted by Gasteiger charge is 2.25. The summed E-state index contributed by atoms with van der Waals surface area (Å²) in [5.74, 6) is 1.58. The molecular weight excluding hydrogens is 344 g/mol. The van der Waals surface area contributed by atoms with Crippen molar-refractivity contribution in [3.05, 3.63) is 41.7 Å². The lowest BCUT2D eigenvalue weighted by Gasteiger charge is -2.32. The predicted octanol–water partition coefficient (Wildman–Crippen LogP) is 3.51. The molecule has 0 radical (unpaired) electrons. The van der Waals surface area contributed by atoms with Gasteiger partial charge in [-0.3, -0.25) is 4.79 Å². The second-order valence-electron chi connectivity index (χ2n) is 8.05. The molecule has 0 spiro atoms. The van der Waals surface area contributed by atoms with Gasteiger partial charge in [-0.15, -0.1) is 0 Å². The number of benzene rings is 1. The predicted molar refractivity (Wildman–Crippen MR) is 107 cm³/mol. The zero-order chi connectivity index (χ0) is 18.6. The lowest BCUT2D eigenvalue weighted by Crippen LogP contribution is -2.41. The molecule has 1 amide bonds. The number of anilines is 1. The third kappa shape index (κ3) is 5.04. The maximum absolute atomic E-state index is 12.0. The van der Waals surface area contributed by atoms with Gasteiger partial charge in [0, 0.05) is 43.0 Å². The molecule has 3 rings (SSSR count). The number of amides is 1. The molecule has 2 aromatic rings. The summed E-state index contributed by atoms with van der Waals surface area (Å²) < 4.78 is 4.52. The lowest BCUT2D eigenvalue weighted by molar-refractivity contribution is -0.128. The third-order valence-electron chi connectivity index (χ3n) is 4.78. The first kappa shape index (κ1) is 18.8. The van der Waals surface area contributed by atoms with Gasteiger partial charge in [-0.05, 0) is 24.3 Å². The number of nitrogens with zero attached hydrogens (tertiary/aromatic N) is 3. The van der Waals surface area contributed by atoms with Crippen LogP contribution >= 0.6 is 11.5 Å². The summed E-state index contributed by atoms with van der Waals surface area (Å²) >= 11 is 1.49. The fraction of sp³-hybridized carbons (Fsp3) is 0.550. The van der Waals surface area contributed by atoms with Crippen LogP contribution in [0, 0.1) is 11.3 Å². The first-order valence-electron chi connectivity index (χ1n) is 9.31. The number of hydrogen-bond donors (Lipinski definition) is 1. The Bertz CT molecular complexity index is 715. The van der Waals surface area contributed by atoms with Gasteiger partial charge in [-0.1, -0.05) is 51.1 Å². The molecule has 1 aliphatic rings. The van der Waals surface area contributed by atoms with Gasteiger partial charge in [-0.25, -0.2) is 4.98 Å². The number of hydrogen-bond acceptors (Lipinski definition) is 5. The Balaban J connectivity index is 1.47. The number of carbonyl (C=O) groups excluding carboxylic acids is 1. The summed E-state index contributed by atoms with van der Waals surface area (Å²) in [7, 11) is 0. The van der Waals surface area contributed by atoms with Crippen LogP contribution in [0.3, 0.4) is 0 Å². The van der Waals surface area contributed by atoms with E-state index in [1.54, 1.807) is 0 Å². The summed E-state index contributed by atoms with van der Waals surface area (Å²) in [5.41, 5.74) is 0.924. The standard InChI is InChI=1S/C20H28N4OS/c1-20(2,3)18(25)21-14-16-9-11-24(12-10-16)19-22-17(23-26-19)13-15-7-5-4-6-8-15/h4-8,16H,9-14H2,1-3H3,(H,21,25). The van der Waals surface area contributed by atoms with E-state index in [2.05, 4.69) is 26.7 Å². The minimum Gasteiger partial charge on any atom is -0.355 e. The van der Waals surface area contributed by atoms with Crippen molar-refractivity contribution in [2.24, 2.45) is 11.3 Å². The molecule has 1 N–H and O–H groups in total. The Morgan fingerprint density at radius 3 is 2.58 bits per heavy atom. The second-order valence-corrected chi connectivity index (χ2v) is 8.78. The van der Waals surface area contributed by atoms with Crippen molar-refractivity contribution >= 4 is 22.6 Å². The summed E-state index contributed by atoms with van der Waals surface area (Å²) in [5, 5.41) is 4.12. The largest absolute Gasteiger partial charge is 0.355 e. The molecule has 0 saturated carbocycles. The molecule has 26 heavy (non-hydrogen) atoms. The van der Waals surface area contributed by atoms with Crippen LogP contribution in [0.25, 0.3) is 0 Å². The van der Waals surface area contributed by atoms with Crippen molar-refractivity contribution in [2.75, 3.05) is 24.5 Å². The molecule has 0 atom stereocenters. The van der Waals surface area contributed by atoms with Crippen LogP contribution in [0.15, 0.2) is 30.3 Å². The summed E-state index contributed by atoms with van der Waals surface area (Å²) in [6.07, 6.45) is 2.95. The topological polar surface area (TPSA) is 58.1 Å². The number of carbonyl (C=O) groups is 1. The number of nitrogens with one attached hydrogen (secondary N) is 1. The van der Waals surface area contributed by atoms with E-state index in [1.165, 1.54) is 17.1 Å². The number of aromatic nitrogens is 2. The fourth-order valence-electron chi connectivity index (χ4n) is 3.05. The van der Waals surface area contributed by atoms with Crippen LogP contribution in [-0.2, 0) is 11.2 Å². The second kappa shape index (κ2) is 8.16. The van der Waals surface area contributed by atoms with Crippen molar-refractivity contribution < 1.29 is 4.79 Å². The molecule has 1 fully saturated rings. The van der Waals surface area contributed by atoms with E-state index in [-0.39, 0.29) is 11.3 Å². The average molecular weight is 373 g/mol. The Morgan fingerprint density at radius 2 is 1.92 bits per heavy atom. The third-order valence-corrected chi connectivity index (χ3v) is 5.59. The van der Waals surface area contributed by atoms with Gasteiger partial charge in [-0.2, -0.15) is 4.37 Å². The Morgan fingerprint density at radius 1 is 1.23 bits per heavy atom. The van der Waals surface area contributed by atoms with E-state index >= 15 is 0 Å². The van der Waals surface area contributed by atoms with E-state index in [4.69, 9.17) is 4.98 Å². The normalized spacial score (nSPS) is 15.9. The van der Waals surface area contributed by atoms with E-state index in [1.807, 2.05) is 39.0 Å². The van der Waals surface area contributed by atoms with Crippen LogP contribution < -0.4 is 10.2 Å². The van der Waals surface area contributed by atoms with Gasteiger partial charge >= 0.3 is 0 Å². The van der Waals surface area contributed by atoms with Crippen molar-refractivity contribution in [1.29, 1.82) is 0 Å². The minimum absolute atomic E-state index is 0.134. The van der Waals surface area contributed by atoms with Gasteiger partial charge in [0.15, 0.2) is 0 Å². The highest BCUT2D eigenvalue weighted by molar-refractivity contribution is 7.09. The van der Waals surface area contributed by atoms with E-state index in [0.717, 1.165) is 49.9 Å². The Labute approximate surface area is 160 Å². The van der Waals surface area contributed by atoms with E-state index in [9.17, 15) is 4.79 Å². The van der Waals surface area contributed by atoms with Crippen molar-refractivity contribution in [2.45, 2.75) is 40.0 Å². The average Bonchev–Trinajstić information content (AvgIpc) is 3.08. The Kier molecular flexibility index (Phi) is 5.91. The minimum atomic E-state index is -0.317. The maximum atomic E-state index is 12.0. The van der Waals surface area contributed by atoms with E-state index in [0.29, 0.717) is 5.92 Å². The highest BCUT2D eigenvalue weighted by Crippen LogP contribution is 2.25. The molecule has 0 aliphatic carbocycles. The van der Waals surface area contributed by atoms with Gasteiger partial charge in [0.1, 0.15) is 5.82 Å². The zero-order valence-corrected chi connectivity index (χ0v) is 16.7. The summed E-state index contributed by atoms with van der Waals surface area (Å²) in [6.45, 7) is 8.60. The quantitative estimate of drug-likeness (QED) is 0.873. The first-order chi connectivity index (χ1) is 12.4. The summed E-state index contributed by atoms with van der Waals surface area (Å²) in [6, 6.07) is 10.3. The molecule has 2 heterocycles. The highest BCUT2D eigenvalue weighted by atomic mass is 32.1. The molecular formula is C20H28N4OS. The lowest BCUT2D eigenvalue weighted by atomic mass is 9.93. The smallest absolute Gasteiger partial charge is 0.225 e. The van der Waals surface area contributed by atoms with Crippen LogP contribution in [0.5, 0.6) is 0 Å². The summed E-state index contributed by atoms with van der Waals surface area (Å²) in [4.78, 5) is 19.1. The van der Waals surface area contributed by atoms with E-state index < -0.39 is 0 Å². The SMILES string of the molecule is CC(C)(C)C(=O)NCC1CCN(c2nc(Cc3ccccc3)ns2)CC1. The molecule has 140 valence electrons. The van der Waals surface area contributed by atoms with Gasteiger partial charge in [0.05, 0.1) is 0 Å². The van der Waals surface area contributed by atoms with Crippen molar-refractivity contribution in [3.63, 3.8) is 0 Å². The number of rotatable bonds is 5. The van der Waals surface area contributed by atoms with Crippen LogP contribution in [-0.4, -0.2) is 34.9 Å². The van der Waals surface area contributed by atoms with Crippen LogP contribution in [0.1, 0.15) is 45.0 Å². The molecule has 1 aromatic carbocycles. The zero-order valence-electron chi connectivity index (χ0n) is 15.9. The van der Waals surface area contributed by atoms with Gasteiger partial charge in [0.25, 0.3) is 0 Å². The van der Waals surface area contributed by atoms with Gasteiger partial charge < -0.3 is 10.2 Å². The molecule has 5 nitrogen and oxygen atoms in total. The first-order valence-corrected chi connectivity index (χ1v) is 10.1. The molecule has 1 aromatic heterocycles. The van der Waals surface area contributed by atoms with Gasteiger partial charge in [0.2, 0.25) is 11.0 Å². The Hall–Kier alpha value is -1.95.